The van der Waals surface area contributed by atoms with Gasteiger partial charge in [-0.05, 0) is 70.9 Å². The minimum atomic E-state index is -0.211. The van der Waals surface area contributed by atoms with Crippen LogP contribution < -0.4 is 5.32 Å². The van der Waals surface area contributed by atoms with Gasteiger partial charge in [-0.15, -0.1) is 0 Å². The van der Waals surface area contributed by atoms with Crippen molar-refractivity contribution in [2.75, 3.05) is 13.1 Å². The van der Waals surface area contributed by atoms with Crippen LogP contribution in [-0.2, 0) is 9.53 Å². The molecule has 0 aromatic heterocycles. The molecule has 3 rings (SSSR count). The first-order chi connectivity index (χ1) is 13.8. The van der Waals surface area contributed by atoms with E-state index in [4.69, 9.17) is 4.74 Å². The lowest BCUT2D eigenvalue weighted by atomic mass is 9.87. The van der Waals surface area contributed by atoms with Crippen LogP contribution in [0.1, 0.15) is 77.3 Å². The van der Waals surface area contributed by atoms with E-state index in [0.29, 0.717) is 5.92 Å². The summed E-state index contributed by atoms with van der Waals surface area (Å²) >= 11 is 0. The molecule has 2 aliphatic rings. The van der Waals surface area contributed by atoms with E-state index in [1.54, 1.807) is 0 Å². The van der Waals surface area contributed by atoms with Gasteiger partial charge < -0.3 is 15.0 Å². The molecule has 1 aromatic rings. The predicted molar refractivity (Wildman–Crippen MR) is 118 cm³/mol. The summed E-state index contributed by atoms with van der Waals surface area (Å²) in [6.07, 6.45) is 7.68. The molecule has 1 saturated heterocycles. The summed E-state index contributed by atoms with van der Waals surface area (Å²) in [5, 5.41) is 3.39. The summed E-state index contributed by atoms with van der Waals surface area (Å²) in [5.41, 5.74) is 1.01. The zero-order valence-electron chi connectivity index (χ0n) is 18.5. The number of hydrogen-bond donors (Lipinski definition) is 1. The number of nitrogens with one attached hydrogen (secondary N) is 1. The van der Waals surface area contributed by atoms with Crippen molar-refractivity contribution >= 4 is 5.91 Å². The molecule has 0 radical (unpaired) electrons. The summed E-state index contributed by atoms with van der Waals surface area (Å²) in [5.74, 6) is 1.84. The third-order valence-corrected chi connectivity index (χ3v) is 6.20. The average Bonchev–Trinajstić information content (AvgIpc) is 3.22. The molecule has 0 bridgehead atoms. The molecule has 1 heterocycles. The highest BCUT2D eigenvalue weighted by Gasteiger charge is 2.29. The van der Waals surface area contributed by atoms with Gasteiger partial charge in [-0.3, -0.25) is 4.79 Å². The fraction of sp³-hybridized carbons (Fsp3) is 0.640. The van der Waals surface area contributed by atoms with Gasteiger partial charge >= 0.3 is 0 Å². The lowest BCUT2D eigenvalue weighted by Crippen LogP contribution is -2.38. The number of carbonyl (C=O) groups excluding carboxylic acids is 1. The molecule has 1 saturated carbocycles. The minimum Gasteiger partial charge on any atom is -0.474 e. The van der Waals surface area contributed by atoms with Crippen molar-refractivity contribution < 1.29 is 9.53 Å². The number of likely N-dealkylation sites (tertiary alicyclic amines) is 1. The van der Waals surface area contributed by atoms with Crippen LogP contribution in [0.5, 0.6) is 0 Å². The lowest BCUT2D eigenvalue weighted by molar-refractivity contribution is -0.125. The molecule has 4 nitrogen and oxygen atoms in total. The van der Waals surface area contributed by atoms with Gasteiger partial charge in [0.1, 0.15) is 5.60 Å². The molecule has 1 N–H and O–H groups in total. The highest BCUT2D eigenvalue weighted by atomic mass is 16.5. The van der Waals surface area contributed by atoms with Crippen LogP contribution in [0, 0.1) is 11.8 Å². The Bertz CT molecular complexity index is 666. The van der Waals surface area contributed by atoms with E-state index in [9.17, 15) is 4.79 Å². The number of amides is 1. The number of piperidine rings is 1. The summed E-state index contributed by atoms with van der Waals surface area (Å²) in [7, 11) is 0. The van der Waals surface area contributed by atoms with E-state index in [2.05, 4.69) is 61.8 Å². The summed E-state index contributed by atoms with van der Waals surface area (Å²) in [6.45, 7) is 12.2. The van der Waals surface area contributed by atoms with Crippen LogP contribution in [0.25, 0.3) is 0 Å². The van der Waals surface area contributed by atoms with E-state index in [1.807, 2.05) is 6.07 Å². The molecule has 4 heteroatoms. The van der Waals surface area contributed by atoms with Gasteiger partial charge in [-0.2, -0.15) is 0 Å². The van der Waals surface area contributed by atoms with Crippen LogP contribution in [0.4, 0.5) is 0 Å². The minimum absolute atomic E-state index is 0.106. The third-order valence-electron chi connectivity index (χ3n) is 6.20. The van der Waals surface area contributed by atoms with Crippen LogP contribution >= 0.6 is 0 Å². The van der Waals surface area contributed by atoms with Crippen LogP contribution in [0.3, 0.4) is 0 Å². The molecule has 160 valence electrons. The number of benzene rings is 1. The van der Waals surface area contributed by atoms with Crippen molar-refractivity contribution in [2.45, 2.75) is 77.4 Å². The fourth-order valence-corrected chi connectivity index (χ4v) is 4.61. The molecule has 1 unspecified atom stereocenters. The Hall–Kier alpha value is -1.97. The predicted octanol–water partition coefficient (Wildman–Crippen LogP) is 5.42. The first-order valence-electron chi connectivity index (χ1n) is 11.3. The maximum atomic E-state index is 12.8. The quantitative estimate of drug-likeness (QED) is 0.623. The van der Waals surface area contributed by atoms with Crippen LogP contribution in [-0.4, -0.2) is 29.5 Å². The van der Waals surface area contributed by atoms with Crippen molar-refractivity contribution in [3.63, 3.8) is 0 Å². The summed E-state index contributed by atoms with van der Waals surface area (Å²) in [4.78, 5) is 15.1. The number of ether oxygens (including phenoxy) is 1. The van der Waals surface area contributed by atoms with Gasteiger partial charge in [0.25, 0.3) is 0 Å². The van der Waals surface area contributed by atoms with Gasteiger partial charge in [-0.1, -0.05) is 43.2 Å². The second-order valence-corrected chi connectivity index (χ2v) is 9.73. The average molecular weight is 399 g/mol. The second-order valence-electron chi connectivity index (χ2n) is 9.73. The van der Waals surface area contributed by atoms with E-state index in [1.165, 1.54) is 18.4 Å². The summed E-state index contributed by atoms with van der Waals surface area (Å²) < 4.78 is 5.95. The molecule has 29 heavy (non-hydrogen) atoms. The van der Waals surface area contributed by atoms with E-state index in [0.717, 1.165) is 51.1 Å². The van der Waals surface area contributed by atoms with E-state index >= 15 is 0 Å². The van der Waals surface area contributed by atoms with Gasteiger partial charge in [0.05, 0.1) is 6.04 Å². The lowest BCUT2D eigenvalue weighted by Gasteiger charge is -2.37. The molecule has 1 aromatic carbocycles. The Morgan fingerprint density at radius 1 is 1.14 bits per heavy atom. The molecule has 1 atom stereocenters. The monoisotopic (exact) mass is 398 g/mol. The van der Waals surface area contributed by atoms with E-state index < -0.39 is 0 Å². The van der Waals surface area contributed by atoms with Crippen molar-refractivity contribution in [1.82, 2.24) is 10.2 Å². The zero-order valence-corrected chi connectivity index (χ0v) is 18.5. The zero-order chi connectivity index (χ0) is 20.9. The molecule has 1 aliphatic carbocycles. The first-order valence-corrected chi connectivity index (χ1v) is 11.3. The number of carbonyl (C=O) groups is 1. The van der Waals surface area contributed by atoms with Crippen molar-refractivity contribution in [3.05, 3.63) is 48.4 Å². The van der Waals surface area contributed by atoms with Crippen LogP contribution in [0.15, 0.2) is 42.8 Å². The molecular weight excluding hydrogens is 360 g/mol. The normalized spacial score (nSPS) is 19.8. The third kappa shape index (κ3) is 6.52. The Morgan fingerprint density at radius 2 is 1.76 bits per heavy atom. The van der Waals surface area contributed by atoms with Gasteiger partial charge in [0.2, 0.25) is 5.91 Å². The van der Waals surface area contributed by atoms with E-state index in [-0.39, 0.29) is 23.5 Å². The smallest absolute Gasteiger partial charge is 0.223 e. The Morgan fingerprint density at radius 3 is 2.34 bits per heavy atom. The van der Waals surface area contributed by atoms with Gasteiger partial charge in [0.15, 0.2) is 5.88 Å². The number of hydrogen-bond acceptors (Lipinski definition) is 3. The molecule has 2 fully saturated rings. The van der Waals surface area contributed by atoms with Crippen molar-refractivity contribution in [3.8, 4) is 0 Å². The topological polar surface area (TPSA) is 41.6 Å². The van der Waals surface area contributed by atoms with Gasteiger partial charge in [0, 0.05) is 19.0 Å². The highest BCUT2D eigenvalue weighted by Crippen LogP contribution is 2.32. The van der Waals surface area contributed by atoms with Crippen molar-refractivity contribution in [1.29, 1.82) is 0 Å². The molecular formula is C25H38N2O2. The Balaban J connectivity index is 1.57. The summed E-state index contributed by atoms with van der Waals surface area (Å²) in [6, 6.07) is 10.6. The molecule has 0 spiro atoms. The fourth-order valence-electron chi connectivity index (χ4n) is 4.61. The van der Waals surface area contributed by atoms with Crippen LogP contribution in [0.2, 0.25) is 0 Å². The number of nitrogens with zero attached hydrogens (tertiary/aromatic N) is 1. The van der Waals surface area contributed by atoms with Gasteiger partial charge in [-0.25, -0.2) is 0 Å². The largest absolute Gasteiger partial charge is 0.474 e. The van der Waals surface area contributed by atoms with Crippen molar-refractivity contribution in [2.24, 2.45) is 11.8 Å². The maximum Gasteiger partial charge on any atom is 0.223 e. The molecule has 1 aliphatic heterocycles. The maximum absolute atomic E-state index is 12.8. The SMILES string of the molecule is C=C(OC(C)(C)C)N1CCC(CC(NC(=O)C2CCCC2)c2ccccc2)CC1. The number of rotatable bonds is 7. The Labute approximate surface area is 176 Å². The first kappa shape index (κ1) is 21.7. The standard InChI is InChI=1S/C25H38N2O2/c1-19(29-25(2,3)4)27-16-14-20(15-17-27)18-23(21-10-6-5-7-11-21)26-24(28)22-12-8-9-13-22/h5-7,10-11,20,22-23H,1,8-9,12-18H2,2-4H3,(H,26,28). The second kappa shape index (κ2) is 9.69. The molecule has 1 amide bonds. The Kier molecular flexibility index (Phi) is 7.26. The highest BCUT2D eigenvalue weighted by molar-refractivity contribution is 5.79.